The Morgan fingerprint density at radius 2 is 0.664 bits per heavy atom. The summed E-state index contributed by atoms with van der Waals surface area (Å²) in [5, 5.41) is 7.62. The molecule has 0 unspecified atom stereocenters. The van der Waals surface area contributed by atoms with Gasteiger partial charge < -0.3 is 23.4 Å². The minimum atomic E-state index is -0.297. The van der Waals surface area contributed by atoms with Crippen molar-refractivity contribution in [3.8, 4) is 101 Å². The van der Waals surface area contributed by atoms with E-state index in [2.05, 4.69) is 511 Å². The largest absolute Gasteiger partial charge is 0.494 e. The fourth-order valence-corrected chi connectivity index (χ4v) is 19.8. The van der Waals surface area contributed by atoms with Gasteiger partial charge in [0.1, 0.15) is 4.60 Å². The van der Waals surface area contributed by atoms with E-state index in [1.807, 2.05) is 54.6 Å². The highest BCUT2D eigenvalue weighted by Crippen LogP contribution is 2.44. The van der Waals surface area contributed by atoms with Crippen LogP contribution in [0.1, 0.15) is 49.9 Å². The second-order valence-electron chi connectivity index (χ2n) is 34.5. The fourth-order valence-electron chi connectivity index (χ4n) is 18.2. The molecule has 2 aliphatic carbocycles. The number of hydrogen-bond donors (Lipinski definition) is 1. The van der Waals surface area contributed by atoms with E-state index in [1.54, 1.807) is 0 Å². The lowest BCUT2D eigenvalue weighted by molar-refractivity contribution is 0.00578. The molecule has 0 bridgehead atoms. The van der Waals surface area contributed by atoms with Gasteiger partial charge in [0.05, 0.1) is 39.0 Å². The summed E-state index contributed by atoms with van der Waals surface area (Å²) >= 11 is 12.9. The molecule has 654 valence electrons. The zero-order valence-electron chi connectivity index (χ0n) is 74.2. The average Bonchev–Trinajstić information content (AvgIpc) is 1.59. The Balaban J connectivity index is 0.000000111. The molecule has 5 heterocycles. The van der Waals surface area contributed by atoms with Crippen molar-refractivity contribution in [2.45, 2.75) is 51.7 Å². The van der Waals surface area contributed by atoms with Gasteiger partial charge in [0.2, 0.25) is 0 Å². The van der Waals surface area contributed by atoms with Crippen LogP contribution in [0.25, 0.3) is 166 Å². The summed E-state index contributed by atoms with van der Waals surface area (Å²) in [6, 6.07) is 159. The number of halogens is 6. The Morgan fingerprint density at radius 1 is 0.284 bits per heavy atom. The van der Waals surface area contributed by atoms with Gasteiger partial charge in [-0.3, -0.25) is 9.41 Å². The van der Waals surface area contributed by atoms with Gasteiger partial charge in [0.15, 0.2) is 0 Å². The minimum absolute atomic E-state index is 0. The van der Waals surface area contributed by atoms with E-state index in [0.717, 1.165) is 38.6 Å². The van der Waals surface area contributed by atoms with E-state index < -0.39 is 0 Å². The van der Waals surface area contributed by atoms with Crippen molar-refractivity contribution in [2.24, 2.45) is 0 Å². The molecule has 0 atom stereocenters. The average molecular weight is 2050 g/mol. The number of para-hydroxylation sites is 3. The molecule has 0 saturated carbocycles. The molecule has 134 heavy (non-hydrogen) atoms. The molecule has 0 radical (unpaired) electrons. The highest BCUT2D eigenvalue weighted by atomic mass is 127. The van der Waals surface area contributed by atoms with Crippen LogP contribution < -0.4 is 5.46 Å². The van der Waals surface area contributed by atoms with Crippen LogP contribution in [0.3, 0.4) is 0 Å². The zero-order chi connectivity index (χ0) is 89.8. The van der Waals surface area contributed by atoms with Crippen LogP contribution >= 0.6 is 70.4 Å². The van der Waals surface area contributed by atoms with Gasteiger partial charge in [0.25, 0.3) is 0 Å². The fraction of sp³-hybridized carbons (Fsp3) is 0.0661. The molecule has 4 aromatic heterocycles. The molecule has 1 N–H and O–H groups in total. The van der Waals surface area contributed by atoms with Crippen molar-refractivity contribution in [1.82, 2.24) is 19.1 Å². The maximum atomic E-state index is 6.18. The molecule has 0 spiro atoms. The maximum Gasteiger partial charge on any atom is 0.494 e. The van der Waals surface area contributed by atoms with Crippen molar-refractivity contribution in [3.63, 3.8) is 0 Å². The lowest BCUT2D eigenvalue weighted by atomic mass is 9.77. The van der Waals surface area contributed by atoms with Crippen LogP contribution in [-0.4, -0.2) is 37.4 Å². The summed E-state index contributed by atoms with van der Waals surface area (Å²) in [4.78, 5) is 8.09. The monoisotopic (exact) mass is 2050 g/mol. The zero-order valence-corrected chi connectivity index (χ0v) is 81.1. The predicted octanol–water partition coefficient (Wildman–Crippen LogP) is 34.0. The smallest absolute Gasteiger partial charge is 0.399 e. The molecule has 0 amide bonds. The lowest BCUT2D eigenvalue weighted by Gasteiger charge is -2.32. The number of hydrogen-bond acceptors (Lipinski definition) is 3. The topological polar surface area (TPSA) is 57.0 Å². The predicted molar refractivity (Wildman–Crippen MR) is 580 cm³/mol. The number of benzene rings is 18. The van der Waals surface area contributed by atoms with E-state index in [1.165, 1.54) is 185 Å². The van der Waals surface area contributed by atoms with E-state index in [-0.39, 0.29) is 27.7 Å². The molecule has 22 aromatic rings. The minimum Gasteiger partial charge on any atom is -0.399 e. The van der Waals surface area contributed by atoms with E-state index in [0.29, 0.717) is 0 Å². The van der Waals surface area contributed by atoms with Crippen molar-refractivity contribution in [2.75, 3.05) is 0 Å². The van der Waals surface area contributed by atoms with Crippen LogP contribution in [-0.2, 0) is 22.2 Å². The molecule has 1 aliphatic heterocycles. The van der Waals surface area contributed by atoms with Crippen LogP contribution in [0.5, 0.6) is 0 Å². The molecule has 3 aliphatic rings. The second-order valence-corrected chi connectivity index (χ2v) is 38.4. The van der Waals surface area contributed by atoms with Gasteiger partial charge in [-0.2, -0.15) is 0 Å². The quantitative estimate of drug-likeness (QED) is 0.0890. The number of pyridine rings is 1. The van der Waals surface area contributed by atoms with Crippen LogP contribution in [0.2, 0.25) is 0 Å². The van der Waals surface area contributed by atoms with Crippen molar-refractivity contribution in [1.29, 1.82) is 0 Å². The number of fused-ring (bicyclic) bond motifs is 15. The Kier molecular flexibility index (Phi) is 27.3. The first-order valence-electron chi connectivity index (χ1n) is 44.6. The summed E-state index contributed by atoms with van der Waals surface area (Å²) < 4.78 is 21.5. The summed E-state index contributed by atoms with van der Waals surface area (Å²) in [6.07, 6.45) is 2.10. The maximum absolute atomic E-state index is 6.18. The standard InChI is InChI=1S/C36H24N2.C24H16BrN.C19H21BO2.C17H12BrN.C13H9Br.C12H9I.2FH/c1-2-8-24(9-3-1)25-14-18-28(19-15-25)38-35-13-7-5-11-30(35)31-20-16-27(23-36(31)38)26-17-21-34-32(22-26)29-10-4-6-12-33(29)37-34;25-19-12-15-22-21-8-4-5-9-23(21)26(24(22)16-19)20-13-10-18(11-14-20)17-6-2-1-3-7-17;1-18(2)19(3,4)22-20(21-18)15-10-9-14-11-13-7-5-6-8-16(13)17(14)12-15;18-17-12-15(13-7-3-1-4-8-13)11-16(19-17)14-9-5-2-6-10-14;14-11-5-6-13-10(8-11)7-9-3-1-2-4-12(9)13;13-12-8-6-11(7-9-12)10-4-2-1-3-5-10;;/h1-23,37H;1-16H;5-10,12H,11H2,1-4H3;1-12H;1-6,8H,7H2;1-9H;2*1H. The molecular weight excluding hydrogens is 1960 g/mol. The Bertz CT molecular complexity index is 7860. The van der Waals surface area contributed by atoms with E-state index in [9.17, 15) is 0 Å². The highest BCUT2D eigenvalue weighted by Gasteiger charge is 2.52. The van der Waals surface area contributed by atoms with Crippen molar-refractivity contribution >= 4 is 148 Å². The summed E-state index contributed by atoms with van der Waals surface area (Å²) in [6.45, 7) is 8.37. The van der Waals surface area contributed by atoms with Crippen molar-refractivity contribution < 1.29 is 18.7 Å². The summed E-state index contributed by atoms with van der Waals surface area (Å²) in [5.41, 5.74) is 35.6. The second kappa shape index (κ2) is 40.1. The van der Waals surface area contributed by atoms with Crippen LogP contribution in [0.15, 0.2) is 462 Å². The number of rotatable bonds is 9. The lowest BCUT2D eigenvalue weighted by Crippen LogP contribution is -2.41. The van der Waals surface area contributed by atoms with Gasteiger partial charge in [-0.05, 0) is 294 Å². The first kappa shape index (κ1) is 91.0. The van der Waals surface area contributed by atoms with E-state index >= 15 is 0 Å². The third-order valence-electron chi connectivity index (χ3n) is 25.6. The Morgan fingerprint density at radius 3 is 1.22 bits per heavy atom. The van der Waals surface area contributed by atoms with E-state index in [4.69, 9.17) is 9.31 Å². The van der Waals surface area contributed by atoms with Crippen LogP contribution in [0, 0.1) is 3.57 Å². The SMILES string of the molecule is Brc1cc(-c2ccccc2)cc(-c2ccccc2)n1.Brc1ccc2c(c1)Cc1ccccc1-2.Brc1ccc2c3ccccc3n(-c3ccc(-c4ccccc4)cc3)c2c1.CC1(C)OB(c2ccc3c(c2)-c2ccccc2C3)OC1(C)C.F.F.Ic1ccc(-c2ccccc2)cc1.c1ccc(-c2ccc(-n3c4ccccc4c4ccc(-c5ccc6[nH]c7ccccc7c6c5)cc43)cc2)cc1. The van der Waals surface area contributed by atoms with Gasteiger partial charge in [-0.25, -0.2) is 4.98 Å². The first-order valence-corrected chi connectivity index (χ1v) is 48.1. The third kappa shape index (κ3) is 19.3. The molecule has 1 saturated heterocycles. The van der Waals surface area contributed by atoms with Crippen LogP contribution in [0.4, 0.5) is 9.41 Å². The highest BCUT2D eigenvalue weighted by molar-refractivity contribution is 14.1. The Labute approximate surface area is 819 Å². The molecular formula is C121H93BBr3F2IN4O2. The number of H-pyrrole nitrogens is 1. The van der Waals surface area contributed by atoms with Gasteiger partial charge in [-0.1, -0.05) is 372 Å². The van der Waals surface area contributed by atoms with Gasteiger partial charge in [-0.15, -0.1) is 0 Å². The van der Waals surface area contributed by atoms with Crippen molar-refractivity contribution in [3.05, 3.63) is 488 Å². The van der Waals surface area contributed by atoms with Gasteiger partial charge >= 0.3 is 7.12 Å². The third-order valence-corrected chi connectivity index (χ3v) is 27.8. The molecule has 13 heteroatoms. The van der Waals surface area contributed by atoms with Gasteiger partial charge in [0, 0.05) is 72.8 Å². The normalized spacial score (nSPS) is 12.6. The number of nitrogens with zero attached hydrogens (tertiary/aromatic N) is 3. The number of aromatic nitrogens is 4. The Hall–Kier alpha value is -13.5. The first-order chi connectivity index (χ1) is 64.5. The number of nitrogens with one attached hydrogen (secondary N) is 1. The molecule has 1 fully saturated rings. The molecule has 18 aromatic carbocycles. The molecule has 6 nitrogen and oxygen atoms in total. The summed E-state index contributed by atoms with van der Waals surface area (Å²) in [5.74, 6) is 0. The molecule has 25 rings (SSSR count). The number of aromatic amines is 1. The summed E-state index contributed by atoms with van der Waals surface area (Å²) in [7, 11) is -0.289.